The highest BCUT2D eigenvalue weighted by atomic mass is 16.2. The first kappa shape index (κ1) is 17.4. The first-order valence-electron chi connectivity index (χ1n) is 9.81. The molecule has 1 aliphatic carbocycles. The molecule has 1 aromatic rings. The van der Waals surface area contributed by atoms with Gasteiger partial charge < -0.3 is 14.7 Å². The molecule has 3 amide bonds. The smallest absolute Gasteiger partial charge is 0.319 e. The lowest BCUT2D eigenvalue weighted by atomic mass is 9.67. The molecule has 1 unspecified atom stereocenters. The number of carbonyl (C=O) groups is 2. The Morgan fingerprint density at radius 3 is 2.35 bits per heavy atom. The van der Waals surface area contributed by atoms with E-state index in [2.05, 4.69) is 17.0 Å². The Balaban J connectivity index is 1.55. The van der Waals surface area contributed by atoms with Crippen LogP contribution in [0.2, 0.25) is 0 Å². The highest BCUT2D eigenvalue weighted by molar-refractivity contribution is 5.85. The maximum atomic E-state index is 13.1. The molecule has 0 N–H and O–H groups in total. The van der Waals surface area contributed by atoms with Crippen molar-refractivity contribution in [1.29, 1.82) is 0 Å². The zero-order chi connectivity index (χ0) is 18.3. The first-order chi connectivity index (χ1) is 12.5. The summed E-state index contributed by atoms with van der Waals surface area (Å²) in [5.74, 6) is 0.290. The van der Waals surface area contributed by atoms with Gasteiger partial charge in [-0.25, -0.2) is 4.79 Å². The van der Waals surface area contributed by atoms with Crippen LogP contribution in [0.1, 0.15) is 43.6 Å². The van der Waals surface area contributed by atoms with Gasteiger partial charge in [-0.1, -0.05) is 30.3 Å². The molecule has 0 bridgehead atoms. The van der Waals surface area contributed by atoms with Crippen LogP contribution in [-0.4, -0.2) is 66.4 Å². The van der Waals surface area contributed by atoms with Gasteiger partial charge >= 0.3 is 6.03 Å². The van der Waals surface area contributed by atoms with Gasteiger partial charge in [-0.05, 0) is 43.1 Å². The molecule has 0 aromatic heterocycles. The van der Waals surface area contributed by atoms with Gasteiger partial charge in [0.25, 0.3) is 0 Å². The molecule has 26 heavy (non-hydrogen) atoms. The Morgan fingerprint density at radius 2 is 1.77 bits per heavy atom. The Bertz CT molecular complexity index is 676. The lowest BCUT2D eigenvalue weighted by Crippen LogP contribution is -2.56. The zero-order valence-corrected chi connectivity index (χ0v) is 15.9. The van der Waals surface area contributed by atoms with Crippen molar-refractivity contribution in [2.24, 2.45) is 5.41 Å². The van der Waals surface area contributed by atoms with Crippen molar-refractivity contribution in [2.45, 2.75) is 44.1 Å². The number of benzene rings is 1. The average molecular weight is 355 g/mol. The number of nitrogens with zero attached hydrogens (tertiary/aromatic N) is 3. The normalized spacial score (nSPS) is 25.5. The van der Waals surface area contributed by atoms with Crippen LogP contribution >= 0.6 is 0 Å². The van der Waals surface area contributed by atoms with Crippen molar-refractivity contribution in [2.75, 3.05) is 33.7 Å². The summed E-state index contributed by atoms with van der Waals surface area (Å²) in [6, 6.07) is 10.8. The molecule has 1 spiro atoms. The van der Waals surface area contributed by atoms with E-state index in [4.69, 9.17) is 0 Å². The lowest BCUT2D eigenvalue weighted by molar-refractivity contribution is -0.142. The van der Waals surface area contributed by atoms with Crippen LogP contribution in [0, 0.1) is 5.41 Å². The van der Waals surface area contributed by atoms with E-state index in [0.29, 0.717) is 11.9 Å². The number of carbonyl (C=O) groups excluding carboxylic acids is 2. The van der Waals surface area contributed by atoms with E-state index in [1.54, 1.807) is 4.90 Å². The monoisotopic (exact) mass is 355 g/mol. The van der Waals surface area contributed by atoms with Gasteiger partial charge in [0.2, 0.25) is 5.91 Å². The minimum atomic E-state index is -0.0262. The summed E-state index contributed by atoms with van der Waals surface area (Å²) < 4.78 is 0. The SMILES string of the molecule is CN(C)C(=O)N1CCC2(CC1)CC(c1ccccc1)C(=O)N(C1CC1)C2. The van der Waals surface area contributed by atoms with Gasteiger partial charge in [0.05, 0.1) is 5.92 Å². The number of hydrogen-bond acceptors (Lipinski definition) is 2. The van der Waals surface area contributed by atoms with Crippen molar-refractivity contribution >= 4 is 11.9 Å². The van der Waals surface area contributed by atoms with E-state index >= 15 is 0 Å². The molecule has 1 saturated carbocycles. The van der Waals surface area contributed by atoms with Crippen LogP contribution in [0.3, 0.4) is 0 Å². The summed E-state index contributed by atoms with van der Waals surface area (Å²) in [6.07, 6.45) is 5.20. The molecule has 4 rings (SSSR count). The van der Waals surface area contributed by atoms with Crippen molar-refractivity contribution < 1.29 is 9.59 Å². The van der Waals surface area contributed by atoms with E-state index < -0.39 is 0 Å². The maximum Gasteiger partial charge on any atom is 0.319 e. The van der Waals surface area contributed by atoms with Crippen LogP contribution in [0.4, 0.5) is 4.79 Å². The van der Waals surface area contributed by atoms with E-state index in [9.17, 15) is 9.59 Å². The lowest BCUT2D eigenvalue weighted by Gasteiger charge is -2.50. The van der Waals surface area contributed by atoms with Gasteiger partial charge in [0.15, 0.2) is 0 Å². The summed E-state index contributed by atoms with van der Waals surface area (Å²) in [5.41, 5.74) is 1.30. The third-order valence-electron chi connectivity index (χ3n) is 6.39. The number of likely N-dealkylation sites (tertiary alicyclic amines) is 2. The van der Waals surface area contributed by atoms with E-state index in [0.717, 1.165) is 57.3 Å². The van der Waals surface area contributed by atoms with Gasteiger partial charge in [0.1, 0.15) is 0 Å². The van der Waals surface area contributed by atoms with Crippen molar-refractivity contribution in [3.63, 3.8) is 0 Å². The van der Waals surface area contributed by atoms with Crippen LogP contribution in [0.25, 0.3) is 0 Å². The molecule has 3 aliphatic rings. The number of urea groups is 1. The molecule has 5 nitrogen and oxygen atoms in total. The predicted octanol–water partition coefficient (Wildman–Crippen LogP) is 2.93. The van der Waals surface area contributed by atoms with Gasteiger partial charge in [-0.3, -0.25) is 4.79 Å². The Hall–Kier alpha value is -2.04. The van der Waals surface area contributed by atoms with E-state index in [-0.39, 0.29) is 17.4 Å². The molecular formula is C21H29N3O2. The highest BCUT2D eigenvalue weighted by Gasteiger charge is 2.49. The van der Waals surface area contributed by atoms with Crippen molar-refractivity contribution in [3.8, 4) is 0 Å². The number of hydrogen-bond donors (Lipinski definition) is 0. The topological polar surface area (TPSA) is 43.9 Å². The molecule has 5 heteroatoms. The largest absolute Gasteiger partial charge is 0.339 e. The molecule has 2 aliphatic heterocycles. The molecule has 140 valence electrons. The molecule has 3 fully saturated rings. The second kappa shape index (κ2) is 6.60. The molecular weight excluding hydrogens is 326 g/mol. The Labute approximate surface area is 155 Å². The molecule has 2 heterocycles. The molecule has 1 aromatic carbocycles. The second-order valence-corrected chi connectivity index (χ2v) is 8.53. The van der Waals surface area contributed by atoms with Gasteiger partial charge in [0, 0.05) is 39.8 Å². The van der Waals surface area contributed by atoms with Crippen LogP contribution in [0.15, 0.2) is 30.3 Å². The fourth-order valence-electron chi connectivity index (χ4n) is 4.68. The van der Waals surface area contributed by atoms with Crippen molar-refractivity contribution in [3.05, 3.63) is 35.9 Å². The number of piperidine rings is 2. The third-order valence-corrected chi connectivity index (χ3v) is 6.39. The Morgan fingerprint density at radius 1 is 1.12 bits per heavy atom. The van der Waals surface area contributed by atoms with E-state index in [1.807, 2.05) is 37.2 Å². The van der Waals surface area contributed by atoms with Crippen LogP contribution < -0.4 is 0 Å². The van der Waals surface area contributed by atoms with Crippen LogP contribution in [-0.2, 0) is 4.79 Å². The first-order valence-corrected chi connectivity index (χ1v) is 9.81. The van der Waals surface area contributed by atoms with Gasteiger partial charge in [-0.15, -0.1) is 0 Å². The molecule has 1 atom stereocenters. The summed E-state index contributed by atoms with van der Waals surface area (Å²) in [7, 11) is 3.62. The summed E-state index contributed by atoms with van der Waals surface area (Å²) in [4.78, 5) is 31.2. The summed E-state index contributed by atoms with van der Waals surface area (Å²) in [5, 5.41) is 0. The second-order valence-electron chi connectivity index (χ2n) is 8.53. The van der Waals surface area contributed by atoms with Gasteiger partial charge in [-0.2, -0.15) is 0 Å². The Kier molecular flexibility index (Phi) is 4.41. The fourth-order valence-corrected chi connectivity index (χ4v) is 4.68. The summed E-state index contributed by atoms with van der Waals surface area (Å²) >= 11 is 0. The number of amides is 3. The predicted molar refractivity (Wildman–Crippen MR) is 101 cm³/mol. The van der Waals surface area contributed by atoms with E-state index in [1.165, 1.54) is 0 Å². The maximum absolute atomic E-state index is 13.1. The van der Waals surface area contributed by atoms with Crippen LogP contribution in [0.5, 0.6) is 0 Å². The zero-order valence-electron chi connectivity index (χ0n) is 15.9. The quantitative estimate of drug-likeness (QED) is 0.819. The standard InChI is InChI=1S/C21H29N3O2/c1-22(2)20(26)23-12-10-21(11-13-23)14-18(16-6-4-3-5-7-16)19(25)24(15-21)17-8-9-17/h3-7,17-18H,8-15H2,1-2H3. The highest BCUT2D eigenvalue weighted by Crippen LogP contribution is 2.48. The number of rotatable bonds is 2. The minimum absolute atomic E-state index is 0.0262. The molecule has 2 saturated heterocycles. The van der Waals surface area contributed by atoms with Crippen molar-refractivity contribution in [1.82, 2.24) is 14.7 Å². The third kappa shape index (κ3) is 3.19. The average Bonchev–Trinajstić information content (AvgIpc) is 3.49. The fraction of sp³-hybridized carbons (Fsp3) is 0.619. The minimum Gasteiger partial charge on any atom is -0.339 e. The molecule has 0 radical (unpaired) electrons. The summed E-state index contributed by atoms with van der Waals surface area (Å²) in [6.45, 7) is 2.47.